The summed E-state index contributed by atoms with van der Waals surface area (Å²) < 4.78 is 83.2. The van der Waals surface area contributed by atoms with Crippen LogP contribution in [0.3, 0.4) is 0 Å². The molecular formula is C22H19F6N3O2. The summed E-state index contributed by atoms with van der Waals surface area (Å²) >= 11 is 0. The number of benzene rings is 1. The van der Waals surface area contributed by atoms with Crippen molar-refractivity contribution in [1.29, 1.82) is 0 Å². The summed E-state index contributed by atoms with van der Waals surface area (Å²) in [7, 11) is 0. The number of fused-ring (bicyclic) bond motifs is 1. The Morgan fingerprint density at radius 2 is 1.94 bits per heavy atom. The Bertz CT molecular complexity index is 1190. The zero-order valence-corrected chi connectivity index (χ0v) is 17.4. The van der Waals surface area contributed by atoms with E-state index >= 15 is 0 Å². The number of piperidine rings is 1. The Morgan fingerprint density at radius 3 is 2.64 bits per heavy atom. The number of aromatic nitrogens is 2. The Hall–Kier alpha value is -3.11. The van der Waals surface area contributed by atoms with E-state index in [2.05, 4.69) is 10.1 Å². The Labute approximate surface area is 184 Å². The molecular weight excluding hydrogens is 452 g/mol. The van der Waals surface area contributed by atoms with Crippen LogP contribution in [0.1, 0.15) is 40.9 Å². The molecule has 1 aromatic carbocycles. The molecule has 1 unspecified atom stereocenters. The number of aryl methyl sites for hydroxylation is 1. The van der Waals surface area contributed by atoms with Gasteiger partial charge in [0.25, 0.3) is 11.6 Å². The number of likely N-dealkylation sites (tertiary alicyclic amines) is 1. The molecule has 1 saturated heterocycles. The molecule has 3 heterocycles. The molecule has 0 N–H and O–H groups in total. The fourth-order valence-electron chi connectivity index (χ4n) is 4.18. The smallest absolute Gasteiger partial charge is 0.338 e. The van der Waals surface area contributed by atoms with Crippen LogP contribution >= 0.6 is 0 Å². The number of nitrogens with zero attached hydrogens (tertiary/aromatic N) is 3. The lowest BCUT2D eigenvalue weighted by Gasteiger charge is -2.33. The van der Waals surface area contributed by atoms with E-state index in [1.54, 1.807) is 6.92 Å². The van der Waals surface area contributed by atoms with Crippen molar-refractivity contribution < 1.29 is 35.7 Å². The number of rotatable bonds is 3. The lowest BCUT2D eigenvalue weighted by molar-refractivity contribution is -0.147. The van der Waals surface area contributed by atoms with Crippen LogP contribution < -0.4 is 0 Å². The van der Waals surface area contributed by atoms with Gasteiger partial charge in [-0.25, -0.2) is 4.98 Å². The van der Waals surface area contributed by atoms with Crippen LogP contribution in [0, 0.1) is 12.8 Å². The van der Waals surface area contributed by atoms with Gasteiger partial charge in [0.05, 0.1) is 27.9 Å². The lowest BCUT2D eigenvalue weighted by Crippen LogP contribution is -2.41. The van der Waals surface area contributed by atoms with Crippen molar-refractivity contribution in [2.45, 2.75) is 38.5 Å². The van der Waals surface area contributed by atoms with Crippen LogP contribution in [0.25, 0.3) is 22.4 Å². The normalized spacial score (nSPS) is 17.5. The second kappa shape index (κ2) is 8.35. The molecule has 0 aliphatic carbocycles. The predicted molar refractivity (Wildman–Crippen MR) is 106 cm³/mol. The van der Waals surface area contributed by atoms with E-state index in [-0.39, 0.29) is 41.0 Å². The van der Waals surface area contributed by atoms with Crippen molar-refractivity contribution in [3.05, 3.63) is 47.2 Å². The molecule has 176 valence electrons. The first-order valence-electron chi connectivity index (χ1n) is 10.2. The summed E-state index contributed by atoms with van der Waals surface area (Å²) in [5, 5.41) is 4.09. The van der Waals surface area contributed by atoms with E-state index in [0.717, 1.165) is 12.1 Å². The number of carbonyl (C=O) groups excluding carboxylic acids is 1. The topological polar surface area (TPSA) is 59.2 Å². The van der Waals surface area contributed by atoms with Crippen molar-refractivity contribution in [1.82, 2.24) is 15.0 Å². The molecule has 1 fully saturated rings. The molecule has 1 amide bonds. The van der Waals surface area contributed by atoms with E-state index in [4.69, 9.17) is 4.52 Å². The van der Waals surface area contributed by atoms with Gasteiger partial charge in [0.15, 0.2) is 0 Å². The number of pyridine rings is 1. The average Bonchev–Trinajstić information content (AvgIpc) is 3.12. The standard InChI is InChI=1S/C22H19F6N3O2/c1-12-18-16(20(32)31-7-3-4-13(11-31)10-21(23,24)25)9-17(29-19(18)33-30-12)14-5-2-6-15(8-14)22(26,27)28/h2,5-6,8-9,13H,3-4,7,10-11H2,1H3. The van der Waals surface area contributed by atoms with Gasteiger partial charge in [-0.15, -0.1) is 0 Å². The highest BCUT2D eigenvalue weighted by molar-refractivity contribution is 6.07. The van der Waals surface area contributed by atoms with E-state index in [1.807, 2.05) is 0 Å². The van der Waals surface area contributed by atoms with Crippen molar-refractivity contribution in [3.8, 4) is 11.3 Å². The molecule has 0 bridgehead atoms. The maximum atomic E-state index is 13.4. The van der Waals surface area contributed by atoms with Gasteiger partial charge in [-0.1, -0.05) is 17.3 Å². The van der Waals surface area contributed by atoms with E-state index in [1.165, 1.54) is 23.1 Å². The molecule has 5 nitrogen and oxygen atoms in total. The molecule has 33 heavy (non-hydrogen) atoms. The van der Waals surface area contributed by atoms with Gasteiger partial charge in [0.1, 0.15) is 0 Å². The summed E-state index contributed by atoms with van der Waals surface area (Å²) in [6.45, 7) is 1.79. The highest BCUT2D eigenvalue weighted by atomic mass is 19.4. The van der Waals surface area contributed by atoms with Gasteiger partial charge in [-0.3, -0.25) is 4.79 Å². The Morgan fingerprint density at radius 1 is 1.18 bits per heavy atom. The molecule has 2 aromatic heterocycles. The highest BCUT2D eigenvalue weighted by Gasteiger charge is 2.36. The van der Waals surface area contributed by atoms with Crippen LogP contribution in [-0.2, 0) is 6.18 Å². The summed E-state index contributed by atoms with van der Waals surface area (Å²) in [5.41, 5.74) is -0.302. The third kappa shape index (κ3) is 4.96. The van der Waals surface area contributed by atoms with E-state index < -0.39 is 36.2 Å². The summed E-state index contributed by atoms with van der Waals surface area (Å²) in [6.07, 6.45) is -9.10. The molecule has 1 aliphatic heterocycles. The Balaban J connectivity index is 1.73. The van der Waals surface area contributed by atoms with Gasteiger partial charge in [0, 0.05) is 25.1 Å². The summed E-state index contributed by atoms with van der Waals surface area (Å²) in [6, 6.07) is 5.82. The molecule has 3 aromatic rings. The number of alkyl halides is 6. The number of amides is 1. The van der Waals surface area contributed by atoms with Crippen LogP contribution in [0.4, 0.5) is 26.3 Å². The monoisotopic (exact) mass is 471 g/mol. The number of hydrogen-bond donors (Lipinski definition) is 0. The van der Waals surface area contributed by atoms with Gasteiger partial charge in [0.2, 0.25) is 0 Å². The highest BCUT2D eigenvalue weighted by Crippen LogP contribution is 2.35. The van der Waals surface area contributed by atoms with Crippen molar-refractivity contribution in [2.24, 2.45) is 5.92 Å². The molecule has 1 aliphatic rings. The quantitative estimate of drug-likeness (QED) is 0.438. The minimum Gasteiger partial charge on any atom is -0.338 e. The number of halogens is 6. The molecule has 4 rings (SSSR count). The largest absolute Gasteiger partial charge is 0.416 e. The minimum absolute atomic E-state index is 0.0328. The first-order valence-corrected chi connectivity index (χ1v) is 10.2. The van der Waals surface area contributed by atoms with Crippen LogP contribution in [0.5, 0.6) is 0 Å². The fourth-order valence-corrected chi connectivity index (χ4v) is 4.18. The van der Waals surface area contributed by atoms with Gasteiger partial charge in [-0.2, -0.15) is 26.3 Å². The maximum absolute atomic E-state index is 13.4. The first kappa shape index (κ1) is 23.1. The maximum Gasteiger partial charge on any atom is 0.416 e. The summed E-state index contributed by atoms with van der Waals surface area (Å²) in [5.74, 6) is -1.25. The second-order valence-electron chi connectivity index (χ2n) is 8.16. The SMILES string of the molecule is Cc1noc2nc(-c3cccc(C(F)(F)F)c3)cc(C(=O)N3CCCC(CC(F)(F)F)C3)c12. The molecule has 0 radical (unpaired) electrons. The minimum atomic E-state index is -4.57. The first-order chi connectivity index (χ1) is 15.4. The predicted octanol–water partition coefficient (Wildman–Crippen LogP) is 6.02. The van der Waals surface area contributed by atoms with Crippen molar-refractivity contribution in [3.63, 3.8) is 0 Å². The van der Waals surface area contributed by atoms with Gasteiger partial charge < -0.3 is 9.42 Å². The third-order valence-electron chi connectivity index (χ3n) is 5.66. The number of hydrogen-bond acceptors (Lipinski definition) is 4. The molecule has 1 atom stereocenters. The zero-order chi connectivity index (χ0) is 24.0. The van der Waals surface area contributed by atoms with Crippen LogP contribution in [0.2, 0.25) is 0 Å². The number of carbonyl (C=O) groups is 1. The van der Waals surface area contributed by atoms with E-state index in [0.29, 0.717) is 18.5 Å². The third-order valence-corrected chi connectivity index (χ3v) is 5.66. The average molecular weight is 471 g/mol. The lowest BCUT2D eigenvalue weighted by atomic mass is 9.93. The van der Waals surface area contributed by atoms with Gasteiger partial charge >= 0.3 is 12.4 Å². The molecule has 0 spiro atoms. The second-order valence-corrected chi connectivity index (χ2v) is 8.16. The molecule has 11 heteroatoms. The van der Waals surface area contributed by atoms with Crippen LogP contribution in [0.15, 0.2) is 34.9 Å². The van der Waals surface area contributed by atoms with Crippen molar-refractivity contribution in [2.75, 3.05) is 13.1 Å². The van der Waals surface area contributed by atoms with Crippen molar-refractivity contribution >= 4 is 17.0 Å². The summed E-state index contributed by atoms with van der Waals surface area (Å²) in [4.78, 5) is 18.9. The van der Waals surface area contributed by atoms with E-state index in [9.17, 15) is 31.1 Å². The molecule has 0 saturated carbocycles. The van der Waals surface area contributed by atoms with Crippen LogP contribution in [-0.4, -0.2) is 40.2 Å². The Kier molecular flexibility index (Phi) is 5.83. The zero-order valence-electron chi connectivity index (χ0n) is 17.4. The fraction of sp³-hybridized carbons (Fsp3) is 0.409. The van der Waals surface area contributed by atoms with Gasteiger partial charge in [-0.05, 0) is 43.9 Å².